The van der Waals surface area contributed by atoms with Gasteiger partial charge in [-0.3, -0.25) is 4.79 Å². The molecule has 132 valence electrons. The van der Waals surface area contributed by atoms with E-state index in [0.717, 1.165) is 44.3 Å². The van der Waals surface area contributed by atoms with Gasteiger partial charge >= 0.3 is 0 Å². The topological polar surface area (TPSA) is 68.9 Å². The molecule has 0 radical (unpaired) electrons. The number of carbonyl (C=O) groups excluding carboxylic acids is 1. The molecule has 4 heteroatoms. The summed E-state index contributed by atoms with van der Waals surface area (Å²) in [6, 6.07) is 19.9. The van der Waals surface area contributed by atoms with Crippen LogP contribution in [0.15, 0.2) is 66.9 Å². The van der Waals surface area contributed by atoms with Crippen molar-refractivity contribution in [2.75, 3.05) is 0 Å². The van der Waals surface area contributed by atoms with Crippen molar-refractivity contribution >= 4 is 16.7 Å². The highest BCUT2D eigenvalue weighted by Gasteiger charge is 2.11. The van der Waals surface area contributed by atoms with E-state index in [9.17, 15) is 4.79 Å². The summed E-state index contributed by atoms with van der Waals surface area (Å²) >= 11 is 0. The highest BCUT2D eigenvalue weighted by atomic mass is 16.1. The van der Waals surface area contributed by atoms with Crippen LogP contribution >= 0.6 is 0 Å². The van der Waals surface area contributed by atoms with Gasteiger partial charge in [0.1, 0.15) is 5.69 Å². The standard InChI is InChI=1S/C23H19N3O/c1-14-5-3-4-6-19(14)22-20-10-9-16(11-18(20)13-25-26-22)21-12-17(23(24)27)8-7-15(21)2/h3-13H,1-2H3,(H2,24,27). The maximum Gasteiger partial charge on any atom is 0.248 e. The quantitative estimate of drug-likeness (QED) is 0.581. The molecule has 0 aliphatic rings. The van der Waals surface area contributed by atoms with Crippen LogP contribution in [0.1, 0.15) is 21.5 Å². The first kappa shape index (κ1) is 16.9. The van der Waals surface area contributed by atoms with E-state index in [0.29, 0.717) is 5.56 Å². The summed E-state index contributed by atoms with van der Waals surface area (Å²) in [5.74, 6) is -0.426. The van der Waals surface area contributed by atoms with E-state index in [4.69, 9.17) is 5.73 Å². The van der Waals surface area contributed by atoms with Crippen LogP contribution in [0.4, 0.5) is 0 Å². The normalized spacial score (nSPS) is 10.9. The highest BCUT2D eigenvalue weighted by molar-refractivity contribution is 5.98. The lowest BCUT2D eigenvalue weighted by atomic mass is 9.95. The first-order valence-corrected chi connectivity index (χ1v) is 8.77. The van der Waals surface area contributed by atoms with E-state index < -0.39 is 5.91 Å². The maximum atomic E-state index is 11.5. The number of nitrogens with two attached hydrogens (primary N) is 1. The summed E-state index contributed by atoms with van der Waals surface area (Å²) in [5.41, 5.74) is 12.2. The van der Waals surface area contributed by atoms with Gasteiger partial charge in [0.25, 0.3) is 0 Å². The zero-order chi connectivity index (χ0) is 19.0. The van der Waals surface area contributed by atoms with Crippen molar-refractivity contribution < 1.29 is 4.79 Å². The summed E-state index contributed by atoms with van der Waals surface area (Å²) in [6.07, 6.45) is 1.77. The molecule has 0 bridgehead atoms. The Bertz CT molecular complexity index is 1180. The molecular formula is C23H19N3O. The van der Waals surface area contributed by atoms with E-state index in [-0.39, 0.29) is 0 Å². The Morgan fingerprint density at radius 2 is 1.67 bits per heavy atom. The largest absolute Gasteiger partial charge is 0.366 e. The molecule has 0 saturated heterocycles. The molecular weight excluding hydrogens is 334 g/mol. The number of aryl methyl sites for hydroxylation is 2. The molecule has 27 heavy (non-hydrogen) atoms. The molecule has 1 aromatic heterocycles. The first-order valence-electron chi connectivity index (χ1n) is 8.77. The van der Waals surface area contributed by atoms with E-state index >= 15 is 0 Å². The Balaban J connectivity index is 1.89. The lowest BCUT2D eigenvalue weighted by Gasteiger charge is -2.11. The second-order valence-corrected chi connectivity index (χ2v) is 6.70. The molecule has 1 heterocycles. The molecule has 0 saturated carbocycles. The van der Waals surface area contributed by atoms with Gasteiger partial charge < -0.3 is 5.73 Å². The fraction of sp³-hybridized carbons (Fsp3) is 0.0870. The number of primary amides is 1. The van der Waals surface area contributed by atoms with Gasteiger partial charge in [0.2, 0.25) is 5.91 Å². The van der Waals surface area contributed by atoms with Crippen molar-refractivity contribution in [1.29, 1.82) is 0 Å². The predicted octanol–water partition coefficient (Wildman–Crippen LogP) is 4.68. The lowest BCUT2D eigenvalue weighted by molar-refractivity contribution is 0.100. The summed E-state index contributed by atoms with van der Waals surface area (Å²) in [7, 11) is 0. The summed E-state index contributed by atoms with van der Waals surface area (Å²) in [4.78, 5) is 11.5. The van der Waals surface area contributed by atoms with Crippen LogP contribution in [0.25, 0.3) is 33.2 Å². The van der Waals surface area contributed by atoms with Crippen LogP contribution in [-0.2, 0) is 0 Å². The predicted molar refractivity (Wildman–Crippen MR) is 108 cm³/mol. The number of hydrogen-bond acceptors (Lipinski definition) is 3. The second kappa shape index (κ2) is 6.65. The molecule has 1 amide bonds. The van der Waals surface area contributed by atoms with Crippen LogP contribution < -0.4 is 5.73 Å². The lowest BCUT2D eigenvalue weighted by Crippen LogP contribution is -2.10. The number of carbonyl (C=O) groups is 1. The first-order chi connectivity index (χ1) is 13.0. The molecule has 4 rings (SSSR count). The Kier molecular flexibility index (Phi) is 4.16. The van der Waals surface area contributed by atoms with Gasteiger partial charge in [-0.05, 0) is 54.3 Å². The molecule has 4 aromatic rings. The minimum Gasteiger partial charge on any atom is -0.366 e. The van der Waals surface area contributed by atoms with Gasteiger partial charge in [-0.1, -0.05) is 42.5 Å². The molecule has 0 aliphatic heterocycles. The third-order valence-corrected chi connectivity index (χ3v) is 4.89. The minimum atomic E-state index is -0.426. The fourth-order valence-corrected chi connectivity index (χ4v) is 3.38. The van der Waals surface area contributed by atoms with Crippen LogP contribution in [0.2, 0.25) is 0 Å². The molecule has 2 N–H and O–H groups in total. The van der Waals surface area contributed by atoms with Crippen molar-refractivity contribution in [3.8, 4) is 22.4 Å². The van der Waals surface area contributed by atoms with E-state index in [1.165, 1.54) is 0 Å². The second-order valence-electron chi connectivity index (χ2n) is 6.70. The monoisotopic (exact) mass is 353 g/mol. The summed E-state index contributed by atoms with van der Waals surface area (Å²) in [6.45, 7) is 4.09. The van der Waals surface area contributed by atoms with Gasteiger partial charge in [0.15, 0.2) is 0 Å². The average Bonchev–Trinajstić information content (AvgIpc) is 2.68. The van der Waals surface area contributed by atoms with Gasteiger partial charge in [-0.25, -0.2) is 0 Å². The molecule has 3 aromatic carbocycles. The van der Waals surface area contributed by atoms with Gasteiger partial charge in [-0.2, -0.15) is 5.10 Å². The number of rotatable bonds is 3. The van der Waals surface area contributed by atoms with E-state index in [1.54, 1.807) is 12.3 Å². The van der Waals surface area contributed by atoms with E-state index in [1.807, 2.05) is 31.2 Å². The number of amides is 1. The van der Waals surface area contributed by atoms with Crippen molar-refractivity contribution in [1.82, 2.24) is 10.2 Å². The summed E-state index contributed by atoms with van der Waals surface area (Å²) in [5, 5.41) is 10.6. The Morgan fingerprint density at radius 1 is 0.889 bits per heavy atom. The van der Waals surface area contributed by atoms with Crippen LogP contribution in [0.3, 0.4) is 0 Å². The number of benzene rings is 3. The Hall–Kier alpha value is -3.53. The van der Waals surface area contributed by atoms with Crippen LogP contribution in [-0.4, -0.2) is 16.1 Å². The van der Waals surface area contributed by atoms with Crippen LogP contribution in [0.5, 0.6) is 0 Å². The molecule has 0 atom stereocenters. The number of aromatic nitrogens is 2. The fourth-order valence-electron chi connectivity index (χ4n) is 3.38. The third-order valence-electron chi connectivity index (χ3n) is 4.89. The van der Waals surface area contributed by atoms with Crippen LogP contribution in [0, 0.1) is 13.8 Å². The van der Waals surface area contributed by atoms with Gasteiger partial charge in [-0.15, -0.1) is 5.10 Å². The number of fused-ring (bicyclic) bond motifs is 1. The Morgan fingerprint density at radius 3 is 2.44 bits per heavy atom. The number of hydrogen-bond donors (Lipinski definition) is 1. The third kappa shape index (κ3) is 3.06. The van der Waals surface area contributed by atoms with Gasteiger partial charge in [0.05, 0.1) is 6.20 Å². The van der Waals surface area contributed by atoms with Crippen molar-refractivity contribution in [3.63, 3.8) is 0 Å². The zero-order valence-electron chi connectivity index (χ0n) is 15.2. The average molecular weight is 353 g/mol. The molecule has 0 unspecified atom stereocenters. The highest BCUT2D eigenvalue weighted by Crippen LogP contribution is 2.32. The SMILES string of the molecule is Cc1ccc(C(N)=O)cc1-c1ccc2c(-c3ccccc3C)nncc2c1. The van der Waals surface area contributed by atoms with Crippen molar-refractivity contribution in [3.05, 3.63) is 83.6 Å². The maximum absolute atomic E-state index is 11.5. The smallest absolute Gasteiger partial charge is 0.248 e. The van der Waals surface area contributed by atoms with Crippen molar-refractivity contribution in [2.45, 2.75) is 13.8 Å². The Labute approximate surface area is 157 Å². The summed E-state index contributed by atoms with van der Waals surface area (Å²) < 4.78 is 0. The molecule has 4 nitrogen and oxygen atoms in total. The minimum absolute atomic E-state index is 0.426. The molecule has 0 spiro atoms. The van der Waals surface area contributed by atoms with Crippen molar-refractivity contribution in [2.24, 2.45) is 5.73 Å². The van der Waals surface area contributed by atoms with E-state index in [2.05, 4.69) is 47.5 Å². The van der Waals surface area contributed by atoms with Gasteiger partial charge in [0, 0.05) is 21.9 Å². The number of nitrogens with zero attached hydrogens (tertiary/aromatic N) is 2. The molecule has 0 fully saturated rings. The zero-order valence-corrected chi connectivity index (χ0v) is 15.2. The molecule has 0 aliphatic carbocycles.